The van der Waals surface area contributed by atoms with E-state index in [0.717, 1.165) is 50.7 Å². The van der Waals surface area contributed by atoms with E-state index in [1.54, 1.807) is 35.5 Å². The molecule has 0 aromatic rings. The van der Waals surface area contributed by atoms with E-state index in [9.17, 15) is 0 Å². The first-order chi connectivity index (χ1) is 15.1. The zero-order chi connectivity index (χ0) is 24.4. The highest BCUT2D eigenvalue weighted by atomic mass is 16.7. The van der Waals surface area contributed by atoms with E-state index in [1.165, 1.54) is 11.1 Å². The molecular weight excluding hydrogens is 404 g/mol. The lowest BCUT2D eigenvalue weighted by Crippen LogP contribution is -2.49. The van der Waals surface area contributed by atoms with Crippen molar-refractivity contribution in [1.29, 1.82) is 0 Å². The van der Waals surface area contributed by atoms with Crippen molar-refractivity contribution in [3.8, 4) is 0 Å². The Morgan fingerprint density at radius 1 is 0.969 bits per heavy atom. The van der Waals surface area contributed by atoms with E-state index in [4.69, 9.17) is 23.7 Å². The van der Waals surface area contributed by atoms with Crippen LogP contribution in [0.15, 0.2) is 34.8 Å². The Balaban J connectivity index is 2.67. The molecule has 0 saturated carbocycles. The second-order valence-corrected chi connectivity index (χ2v) is 9.68. The molecule has 0 heterocycles. The number of hydrogen-bond acceptors (Lipinski definition) is 5. The van der Waals surface area contributed by atoms with Crippen LogP contribution in [0.4, 0.5) is 0 Å². The lowest BCUT2D eigenvalue weighted by Gasteiger charge is -2.44. The van der Waals surface area contributed by atoms with Crippen LogP contribution in [0.2, 0.25) is 0 Å². The smallest absolute Gasteiger partial charge is 0.233 e. The van der Waals surface area contributed by atoms with Crippen LogP contribution >= 0.6 is 0 Å². The molecule has 0 saturated heterocycles. The monoisotopic (exact) mass is 452 g/mol. The maximum Gasteiger partial charge on any atom is 0.233 e. The molecule has 32 heavy (non-hydrogen) atoms. The average Bonchev–Trinajstić information content (AvgIpc) is 2.77. The summed E-state index contributed by atoms with van der Waals surface area (Å²) in [6.45, 7) is 10.9. The maximum atomic E-state index is 5.84. The fourth-order valence-electron chi connectivity index (χ4n) is 4.58. The second kappa shape index (κ2) is 13.4. The minimum Gasteiger partial charge on any atom is -0.497 e. The van der Waals surface area contributed by atoms with Crippen LogP contribution in [-0.2, 0) is 23.7 Å². The molecule has 0 aliphatic heterocycles. The summed E-state index contributed by atoms with van der Waals surface area (Å²) in [5.41, 5.74) is 2.86. The highest BCUT2D eigenvalue weighted by Gasteiger charge is 2.51. The van der Waals surface area contributed by atoms with Gasteiger partial charge in [0.25, 0.3) is 0 Å². The predicted octanol–water partition coefficient (Wildman–Crippen LogP) is 6.79. The predicted molar refractivity (Wildman–Crippen MR) is 131 cm³/mol. The number of allylic oxidation sites excluding steroid dienone is 5. The molecule has 2 unspecified atom stereocenters. The molecule has 0 aromatic heterocycles. The van der Waals surface area contributed by atoms with Gasteiger partial charge in [-0.1, -0.05) is 30.2 Å². The molecule has 5 nitrogen and oxygen atoms in total. The SMILES string of the molecule is COC1=C(OC)C(OC)(OC)C(C)C(C/C=C(\C)CC/C=C(\C)CCCC(C)(C)OC)C1. The van der Waals surface area contributed by atoms with Crippen molar-refractivity contribution in [2.24, 2.45) is 11.8 Å². The highest BCUT2D eigenvalue weighted by molar-refractivity contribution is 5.20. The normalized spacial score (nSPS) is 22.3. The van der Waals surface area contributed by atoms with Crippen LogP contribution < -0.4 is 0 Å². The van der Waals surface area contributed by atoms with Gasteiger partial charge in [-0.3, -0.25) is 0 Å². The van der Waals surface area contributed by atoms with Crippen molar-refractivity contribution in [3.63, 3.8) is 0 Å². The average molecular weight is 453 g/mol. The van der Waals surface area contributed by atoms with Crippen molar-refractivity contribution >= 4 is 0 Å². The van der Waals surface area contributed by atoms with Gasteiger partial charge in [0.2, 0.25) is 5.79 Å². The quantitative estimate of drug-likeness (QED) is 0.214. The van der Waals surface area contributed by atoms with E-state index >= 15 is 0 Å². The molecular formula is C27H48O5. The number of methoxy groups -OCH3 is 5. The summed E-state index contributed by atoms with van der Waals surface area (Å²) in [6.07, 6.45) is 12.1. The van der Waals surface area contributed by atoms with Gasteiger partial charge in [0, 0.05) is 33.7 Å². The lowest BCUT2D eigenvalue weighted by molar-refractivity contribution is -0.247. The molecule has 0 N–H and O–H groups in total. The number of ether oxygens (including phenoxy) is 5. The molecule has 0 amide bonds. The first-order valence-electron chi connectivity index (χ1n) is 11.9. The maximum absolute atomic E-state index is 5.84. The summed E-state index contributed by atoms with van der Waals surface area (Å²) in [5, 5.41) is 0. The van der Waals surface area contributed by atoms with Gasteiger partial charge in [-0.2, -0.15) is 0 Å². The molecule has 0 radical (unpaired) electrons. The Hall–Kier alpha value is -1.30. The van der Waals surface area contributed by atoms with Gasteiger partial charge >= 0.3 is 0 Å². The van der Waals surface area contributed by atoms with Crippen LogP contribution in [0.25, 0.3) is 0 Å². The first-order valence-corrected chi connectivity index (χ1v) is 11.9. The Morgan fingerprint density at radius 2 is 1.59 bits per heavy atom. The van der Waals surface area contributed by atoms with Crippen molar-refractivity contribution in [2.75, 3.05) is 35.5 Å². The summed E-state index contributed by atoms with van der Waals surface area (Å²) in [4.78, 5) is 0. The fraction of sp³-hybridized carbons (Fsp3) is 0.778. The van der Waals surface area contributed by atoms with Gasteiger partial charge in [0.05, 0.1) is 19.8 Å². The third-order valence-electron chi connectivity index (χ3n) is 7.08. The molecule has 0 aromatic carbocycles. The molecule has 186 valence electrons. The molecule has 0 bridgehead atoms. The van der Waals surface area contributed by atoms with E-state index in [2.05, 4.69) is 46.8 Å². The van der Waals surface area contributed by atoms with Gasteiger partial charge in [0.1, 0.15) is 5.76 Å². The third-order valence-corrected chi connectivity index (χ3v) is 7.08. The van der Waals surface area contributed by atoms with Gasteiger partial charge < -0.3 is 23.7 Å². The third kappa shape index (κ3) is 7.64. The molecule has 1 aliphatic rings. The van der Waals surface area contributed by atoms with Gasteiger partial charge in [-0.15, -0.1) is 0 Å². The van der Waals surface area contributed by atoms with Gasteiger partial charge in [-0.25, -0.2) is 0 Å². The number of rotatable bonds is 14. The molecule has 0 fully saturated rings. The zero-order valence-corrected chi connectivity index (χ0v) is 22.3. The van der Waals surface area contributed by atoms with Crippen LogP contribution in [0.1, 0.15) is 79.6 Å². The minimum absolute atomic E-state index is 0.0268. The van der Waals surface area contributed by atoms with E-state index in [0.29, 0.717) is 11.7 Å². The van der Waals surface area contributed by atoms with Crippen molar-refractivity contribution in [2.45, 2.75) is 91.0 Å². The number of hydrogen-bond donors (Lipinski definition) is 0. The van der Waals surface area contributed by atoms with Crippen LogP contribution in [0.5, 0.6) is 0 Å². The van der Waals surface area contributed by atoms with Crippen LogP contribution in [0.3, 0.4) is 0 Å². The Kier molecular flexibility index (Phi) is 12.0. The van der Waals surface area contributed by atoms with E-state index in [-0.39, 0.29) is 11.5 Å². The fourth-order valence-corrected chi connectivity index (χ4v) is 4.58. The molecule has 0 spiro atoms. The molecule has 5 heteroatoms. The summed E-state index contributed by atoms with van der Waals surface area (Å²) < 4.78 is 28.5. The van der Waals surface area contributed by atoms with E-state index in [1.807, 2.05) is 0 Å². The molecule has 1 rings (SSSR count). The Labute approximate surface area is 197 Å². The van der Waals surface area contributed by atoms with Gasteiger partial charge in [-0.05, 0) is 72.1 Å². The summed E-state index contributed by atoms with van der Waals surface area (Å²) in [6, 6.07) is 0. The van der Waals surface area contributed by atoms with Crippen LogP contribution in [0, 0.1) is 11.8 Å². The first kappa shape index (κ1) is 28.7. The Bertz CT molecular complexity index is 655. The van der Waals surface area contributed by atoms with Crippen molar-refractivity contribution in [1.82, 2.24) is 0 Å². The topological polar surface area (TPSA) is 46.2 Å². The summed E-state index contributed by atoms with van der Waals surface area (Å²) in [7, 11) is 8.45. The zero-order valence-electron chi connectivity index (χ0n) is 22.3. The highest BCUT2D eigenvalue weighted by Crippen LogP contribution is 2.46. The molecule has 1 aliphatic carbocycles. The Morgan fingerprint density at radius 3 is 2.12 bits per heavy atom. The summed E-state index contributed by atoms with van der Waals surface area (Å²) in [5.74, 6) is 1.01. The molecule has 2 atom stereocenters. The minimum atomic E-state index is -0.915. The standard InChI is InChI=1S/C27H48O5/c1-20(15-12-18-26(4,5)30-8)13-11-14-21(2)16-17-23-19-24(28-6)25(29-7)27(31-9,32-10)22(23)3/h13,16,22-23H,11-12,14-15,17-19H2,1-10H3/b20-13+,21-16+. The van der Waals surface area contributed by atoms with Crippen molar-refractivity contribution < 1.29 is 23.7 Å². The summed E-state index contributed by atoms with van der Waals surface area (Å²) >= 11 is 0. The van der Waals surface area contributed by atoms with Crippen molar-refractivity contribution in [3.05, 3.63) is 34.8 Å². The second-order valence-electron chi connectivity index (χ2n) is 9.68. The van der Waals surface area contributed by atoms with Gasteiger partial charge in [0.15, 0.2) is 5.76 Å². The van der Waals surface area contributed by atoms with Crippen LogP contribution in [-0.4, -0.2) is 46.9 Å². The lowest BCUT2D eigenvalue weighted by atomic mass is 9.75. The largest absolute Gasteiger partial charge is 0.497 e. The van der Waals surface area contributed by atoms with E-state index < -0.39 is 5.79 Å².